The number of halogens is 2. The van der Waals surface area contributed by atoms with E-state index in [1.165, 1.54) is 35.8 Å². The summed E-state index contributed by atoms with van der Waals surface area (Å²) in [4.78, 5) is 0. The van der Waals surface area contributed by atoms with Crippen molar-refractivity contribution in [2.45, 2.75) is 235 Å². The van der Waals surface area contributed by atoms with Crippen molar-refractivity contribution in [3.63, 3.8) is 0 Å². The molecule has 0 aromatic heterocycles. The topological polar surface area (TPSA) is 0 Å². The van der Waals surface area contributed by atoms with Gasteiger partial charge in [-0.25, -0.2) is 0 Å². The number of hydrogen-bond donors (Lipinski definition) is 0. The fourth-order valence-electron chi connectivity index (χ4n) is 8.28. The molecule has 0 radical (unpaired) electrons. The zero-order chi connectivity index (χ0) is 44.7. The monoisotopic (exact) mass is 1050 g/mol. The van der Waals surface area contributed by atoms with Crippen LogP contribution in [-0.2, 0) is 31.4 Å². The van der Waals surface area contributed by atoms with Gasteiger partial charge in [0.05, 0.1) is 65.9 Å². The van der Waals surface area contributed by atoms with Crippen LogP contribution in [0.15, 0.2) is 23.3 Å². The second kappa shape index (κ2) is 26.3. The van der Waals surface area contributed by atoms with Gasteiger partial charge in [-0.15, -0.1) is 0 Å². The van der Waals surface area contributed by atoms with Crippen LogP contribution in [-0.4, -0.2) is 75.1 Å². The molecule has 0 atom stereocenters. The molecule has 0 aromatic carbocycles. The summed E-state index contributed by atoms with van der Waals surface area (Å²) < 4.78 is 3.94. The zero-order valence-electron chi connectivity index (χ0n) is 41.7. The average Bonchev–Trinajstić information content (AvgIpc) is 2.82. The van der Waals surface area contributed by atoms with E-state index >= 15 is 0 Å². The molecule has 0 N–H and O–H groups in total. The first-order valence-electron chi connectivity index (χ1n) is 20.4. The zero-order valence-corrected chi connectivity index (χ0v) is 50.8. The van der Waals surface area contributed by atoms with Crippen molar-refractivity contribution < 1.29 is 50.8 Å². The Balaban J connectivity index is -0.000000343. The molecule has 0 fully saturated rings. The third kappa shape index (κ3) is 33.5. The Bertz CT molecular complexity index is 921. The van der Waals surface area contributed by atoms with Crippen LogP contribution >= 0.6 is 31.7 Å². The SMILES string of the molecule is CC(C)(C)[PH+](CC[PH+](C(C)(C)C)C(C)(C)C)C(C)(C)C.CC(C)(C)[PH+](CC[PH+](C(C)(C)C)C(C)(C)C)C(C)(C)C.CC(C)=C[CH]=[Ru+].CC(C)=C[CH]=[Ru]([ClH+])[ClH+]. The van der Waals surface area contributed by atoms with Crippen LogP contribution in [0.3, 0.4) is 0 Å². The van der Waals surface area contributed by atoms with Gasteiger partial charge in [0, 0.05) is 31.7 Å². The quantitative estimate of drug-likeness (QED) is 0.168. The fourth-order valence-corrected chi connectivity index (χ4v) is 29.2. The first-order valence-corrected chi connectivity index (χ1v) is 34.0. The molecule has 0 saturated carbocycles. The van der Waals surface area contributed by atoms with Crippen LogP contribution in [0.2, 0.25) is 0 Å². The minimum absolute atomic E-state index is 0.364. The molecule has 0 heterocycles. The number of allylic oxidation sites excluding steroid dienone is 4. The van der Waals surface area contributed by atoms with Crippen molar-refractivity contribution in [2.24, 2.45) is 0 Å². The standard InChI is InChI=1S/2C18H40P2.2C5H8.2ClH.2Ru/c2*1-15(2,3)19(16(4,5)6)13-14-20(17(7,8)9)18(10,11)12;2*1-4-5(2)3;;;;/h2*13-14H2,1-12H3;2*1,4H,2-3H3;2*1H;;/q;;;;;;+1;+2/p+4. The molecule has 8 heteroatoms. The van der Waals surface area contributed by atoms with Crippen molar-refractivity contribution in [1.29, 1.82) is 0 Å². The number of rotatable bonds is 8. The van der Waals surface area contributed by atoms with Gasteiger partial charge in [-0.3, -0.25) is 0 Å². The molecule has 0 rings (SSSR count). The molecule has 0 aliphatic heterocycles. The van der Waals surface area contributed by atoms with Crippen molar-refractivity contribution in [3.8, 4) is 0 Å². The average molecular weight is 1050 g/mol. The van der Waals surface area contributed by atoms with Gasteiger partial charge in [-0.2, -0.15) is 0 Å². The number of hydrogen-bond acceptors (Lipinski definition) is 0. The van der Waals surface area contributed by atoms with E-state index in [1.807, 2.05) is 29.1 Å². The first-order chi connectivity index (χ1) is 23.3. The molecule has 0 bridgehead atoms. The van der Waals surface area contributed by atoms with Crippen LogP contribution in [0.4, 0.5) is 0 Å². The van der Waals surface area contributed by atoms with Gasteiger partial charge in [0.25, 0.3) is 0 Å². The van der Waals surface area contributed by atoms with E-state index < -0.39 is 13.5 Å². The molecule has 329 valence electrons. The van der Waals surface area contributed by atoms with Crippen molar-refractivity contribution in [3.05, 3.63) is 23.3 Å². The molecular formula is C46H102Cl2P4Ru2+7. The summed E-state index contributed by atoms with van der Waals surface area (Å²) in [6, 6.07) is 0. The summed E-state index contributed by atoms with van der Waals surface area (Å²) >= 11 is 1.14. The Morgan fingerprint density at radius 1 is 0.389 bits per heavy atom. The maximum atomic E-state index is 4.86. The van der Waals surface area contributed by atoms with E-state index in [-0.39, 0.29) is 31.7 Å². The van der Waals surface area contributed by atoms with E-state index in [0.29, 0.717) is 41.2 Å². The van der Waals surface area contributed by atoms with Crippen LogP contribution in [0, 0.1) is 19.4 Å². The van der Waals surface area contributed by atoms with E-state index in [0.717, 1.165) is 0 Å². The van der Waals surface area contributed by atoms with Gasteiger partial charge in [-0.05, 0) is 166 Å². The third-order valence-corrected chi connectivity index (χ3v) is 30.0. The van der Waals surface area contributed by atoms with Gasteiger partial charge in [0.1, 0.15) is 0 Å². The summed E-state index contributed by atoms with van der Waals surface area (Å²) in [5, 5.41) is 4.04. The van der Waals surface area contributed by atoms with Gasteiger partial charge in [0.15, 0.2) is 0 Å². The third-order valence-electron chi connectivity index (χ3n) is 9.37. The van der Waals surface area contributed by atoms with Crippen molar-refractivity contribution in [1.82, 2.24) is 0 Å². The molecule has 54 heavy (non-hydrogen) atoms. The Hall–Kier alpha value is 2.77. The predicted molar refractivity (Wildman–Crippen MR) is 265 cm³/mol. The Morgan fingerprint density at radius 3 is 0.611 bits per heavy atom. The van der Waals surface area contributed by atoms with Crippen LogP contribution in [0.1, 0.15) is 194 Å². The Morgan fingerprint density at radius 2 is 0.556 bits per heavy atom. The molecule has 0 amide bonds. The van der Waals surface area contributed by atoms with Crippen molar-refractivity contribution in [2.75, 3.05) is 24.6 Å². The normalized spacial score (nSPS) is 13.6. The summed E-state index contributed by atoms with van der Waals surface area (Å²) in [6.45, 7) is 67.4. The summed E-state index contributed by atoms with van der Waals surface area (Å²) in [6.07, 6.45) is 10.0. The van der Waals surface area contributed by atoms with E-state index in [1.54, 1.807) is 0 Å². The fraction of sp³-hybridized carbons (Fsp3) is 0.870. The molecule has 0 aromatic rings. The minimum atomic E-state index is -1.30. The van der Waals surface area contributed by atoms with E-state index in [2.05, 4.69) is 204 Å². The summed E-state index contributed by atoms with van der Waals surface area (Å²) in [5.41, 5.74) is 2.62. The van der Waals surface area contributed by atoms with Crippen LogP contribution in [0.5, 0.6) is 0 Å². The van der Waals surface area contributed by atoms with E-state index in [4.69, 9.17) is 19.4 Å². The molecule has 0 spiro atoms. The molecule has 0 nitrogen and oxygen atoms in total. The molecule has 0 aliphatic carbocycles. The van der Waals surface area contributed by atoms with Crippen LogP contribution in [0.25, 0.3) is 0 Å². The second-order valence-corrected chi connectivity index (χ2v) is 48.7. The summed E-state index contributed by atoms with van der Waals surface area (Å²) in [7, 11) is 8.25. The Labute approximate surface area is 371 Å². The molecular weight excluding hydrogens is 949 g/mol. The first kappa shape index (κ1) is 63.4. The molecule has 0 aliphatic rings. The second-order valence-electron chi connectivity index (χ2n) is 23.9. The summed E-state index contributed by atoms with van der Waals surface area (Å²) in [5.74, 6) is 0. The predicted octanol–water partition coefficient (Wildman–Crippen LogP) is 15.3. The van der Waals surface area contributed by atoms with Gasteiger partial charge in [-0.1, -0.05) is 0 Å². The van der Waals surface area contributed by atoms with Crippen LogP contribution < -0.4 is 0 Å². The van der Waals surface area contributed by atoms with Crippen molar-refractivity contribution >= 4 is 40.9 Å². The van der Waals surface area contributed by atoms with E-state index in [9.17, 15) is 0 Å². The maximum absolute atomic E-state index is 4.86. The van der Waals surface area contributed by atoms with Gasteiger partial charge in [0.2, 0.25) is 0 Å². The Kier molecular flexibility index (Phi) is 30.9. The molecule has 0 saturated heterocycles. The van der Waals surface area contributed by atoms with Gasteiger partial charge >= 0.3 is 111 Å². The van der Waals surface area contributed by atoms with Gasteiger partial charge < -0.3 is 0 Å². The molecule has 0 unspecified atom stereocenters.